The SMILES string of the molecule is CC(C)C1CCCCC1.CC(CSc1cnc(NC(=O)O)s1)=N/C=C(\C)C(C)C. The van der Waals surface area contributed by atoms with Gasteiger partial charge in [0.2, 0.25) is 0 Å². The lowest BCUT2D eigenvalue weighted by molar-refractivity contribution is 0.209. The van der Waals surface area contributed by atoms with E-state index in [9.17, 15) is 4.79 Å². The maximum Gasteiger partial charge on any atom is 0.410 e. The summed E-state index contributed by atoms with van der Waals surface area (Å²) in [4.78, 5) is 18.9. The van der Waals surface area contributed by atoms with Crippen molar-refractivity contribution >= 4 is 40.0 Å². The van der Waals surface area contributed by atoms with E-state index >= 15 is 0 Å². The molecule has 1 fully saturated rings. The molecule has 2 rings (SSSR count). The first-order valence-electron chi connectivity index (χ1n) is 10.5. The molecule has 7 heteroatoms. The third-order valence-corrected chi connectivity index (χ3v) is 7.38. The molecular weight excluding hydrogens is 402 g/mol. The molecule has 1 saturated carbocycles. The van der Waals surface area contributed by atoms with E-state index in [2.05, 4.69) is 49.9 Å². The number of carboxylic acid groups (broad SMARTS) is 1. The highest BCUT2D eigenvalue weighted by molar-refractivity contribution is 8.01. The zero-order valence-electron chi connectivity index (χ0n) is 18.7. The van der Waals surface area contributed by atoms with Gasteiger partial charge < -0.3 is 5.11 Å². The molecule has 29 heavy (non-hydrogen) atoms. The Kier molecular flexibility index (Phi) is 12.2. The summed E-state index contributed by atoms with van der Waals surface area (Å²) in [5, 5.41) is 11.2. The first-order chi connectivity index (χ1) is 13.7. The summed E-state index contributed by atoms with van der Waals surface area (Å²) in [6.07, 6.45) is 9.95. The van der Waals surface area contributed by atoms with Gasteiger partial charge in [0.05, 0.1) is 10.4 Å². The van der Waals surface area contributed by atoms with E-state index in [1.54, 1.807) is 18.0 Å². The molecule has 0 bridgehead atoms. The van der Waals surface area contributed by atoms with Gasteiger partial charge in [-0.3, -0.25) is 10.3 Å². The normalized spacial score (nSPS) is 16.0. The predicted octanol–water partition coefficient (Wildman–Crippen LogP) is 7.57. The second-order valence-corrected chi connectivity index (χ2v) is 10.5. The highest BCUT2D eigenvalue weighted by Crippen LogP contribution is 2.29. The van der Waals surface area contributed by atoms with Crippen molar-refractivity contribution in [2.75, 3.05) is 11.1 Å². The van der Waals surface area contributed by atoms with Gasteiger partial charge >= 0.3 is 6.09 Å². The highest BCUT2D eigenvalue weighted by atomic mass is 32.2. The van der Waals surface area contributed by atoms with Crippen LogP contribution < -0.4 is 5.32 Å². The van der Waals surface area contributed by atoms with Crippen molar-refractivity contribution in [3.8, 4) is 0 Å². The van der Waals surface area contributed by atoms with Crippen LogP contribution in [-0.2, 0) is 0 Å². The van der Waals surface area contributed by atoms with E-state index in [4.69, 9.17) is 5.11 Å². The number of nitrogens with one attached hydrogen (secondary N) is 1. The first-order valence-corrected chi connectivity index (χ1v) is 12.3. The summed E-state index contributed by atoms with van der Waals surface area (Å²) in [6, 6.07) is 0. The lowest BCUT2D eigenvalue weighted by atomic mass is 9.82. The summed E-state index contributed by atoms with van der Waals surface area (Å²) in [7, 11) is 0. The molecule has 164 valence electrons. The summed E-state index contributed by atoms with van der Waals surface area (Å²) in [6.45, 7) is 13.0. The Hall–Kier alpha value is -1.34. The molecule has 2 N–H and O–H groups in total. The first kappa shape index (κ1) is 25.7. The molecular formula is C22H37N3O2S2. The number of aliphatic imine (C=N–C) groups is 1. The van der Waals surface area contributed by atoms with Crippen LogP contribution in [0.5, 0.6) is 0 Å². The molecule has 1 aromatic rings. The fourth-order valence-electron chi connectivity index (χ4n) is 2.85. The minimum Gasteiger partial charge on any atom is -0.465 e. The van der Waals surface area contributed by atoms with Crippen LogP contribution in [0.2, 0.25) is 0 Å². The van der Waals surface area contributed by atoms with Crippen LogP contribution in [0.15, 0.2) is 27.2 Å². The summed E-state index contributed by atoms with van der Waals surface area (Å²) in [5.41, 5.74) is 2.27. The van der Waals surface area contributed by atoms with E-state index in [0.717, 1.165) is 27.5 Å². The average Bonchev–Trinajstić information content (AvgIpc) is 3.12. The molecule has 1 aromatic heterocycles. The molecule has 0 aromatic carbocycles. The summed E-state index contributed by atoms with van der Waals surface area (Å²) >= 11 is 2.92. The number of thiazole rings is 1. The molecule has 0 spiro atoms. The number of aromatic nitrogens is 1. The third kappa shape index (κ3) is 11.4. The van der Waals surface area contributed by atoms with Crippen molar-refractivity contribution in [2.24, 2.45) is 22.7 Å². The van der Waals surface area contributed by atoms with E-state index < -0.39 is 6.09 Å². The van der Waals surface area contributed by atoms with Gasteiger partial charge in [-0.05, 0) is 31.6 Å². The van der Waals surface area contributed by atoms with E-state index in [1.165, 1.54) is 49.0 Å². The smallest absolute Gasteiger partial charge is 0.410 e. The number of amides is 1. The van der Waals surface area contributed by atoms with Gasteiger partial charge in [-0.25, -0.2) is 9.78 Å². The number of thioether (sulfide) groups is 1. The fraction of sp³-hybridized carbons (Fsp3) is 0.682. The van der Waals surface area contributed by atoms with Gasteiger partial charge in [0, 0.05) is 17.7 Å². The lowest BCUT2D eigenvalue weighted by Gasteiger charge is -2.24. The van der Waals surface area contributed by atoms with Crippen LogP contribution >= 0.6 is 23.1 Å². The standard InChI is InChI=1S/C13H19N3O2S2.C9H18/c1-8(2)9(3)5-14-10(4)7-19-11-6-15-12(20-11)16-13(17)18;1-8(2)9-6-4-3-5-7-9/h5-6,8H,7H2,1-4H3,(H,15,16)(H,17,18);8-9H,3-7H2,1-2H3/b9-5+,14-10?;. The number of allylic oxidation sites excluding steroid dienone is 1. The van der Waals surface area contributed by atoms with Gasteiger partial charge in [-0.2, -0.15) is 0 Å². The Balaban J connectivity index is 0.000000387. The molecule has 0 atom stereocenters. The number of hydrogen-bond donors (Lipinski definition) is 2. The maximum absolute atomic E-state index is 10.5. The summed E-state index contributed by atoms with van der Waals surface area (Å²) in [5.74, 6) is 3.26. The van der Waals surface area contributed by atoms with Crippen molar-refractivity contribution in [1.82, 2.24) is 4.98 Å². The van der Waals surface area contributed by atoms with Crippen molar-refractivity contribution in [1.29, 1.82) is 0 Å². The van der Waals surface area contributed by atoms with Crippen LogP contribution in [0.4, 0.5) is 9.93 Å². The summed E-state index contributed by atoms with van der Waals surface area (Å²) < 4.78 is 0.966. The van der Waals surface area contributed by atoms with Crippen LogP contribution in [0.1, 0.15) is 73.6 Å². The zero-order chi connectivity index (χ0) is 21.8. The number of rotatable bonds is 7. The second kappa shape index (κ2) is 13.8. The molecule has 1 aliphatic rings. The van der Waals surface area contributed by atoms with Crippen LogP contribution in [-0.4, -0.2) is 27.6 Å². The topological polar surface area (TPSA) is 74.6 Å². The van der Waals surface area contributed by atoms with Crippen molar-refractivity contribution in [2.45, 2.75) is 77.9 Å². The van der Waals surface area contributed by atoms with Crippen LogP contribution in [0, 0.1) is 17.8 Å². The Morgan fingerprint density at radius 3 is 2.48 bits per heavy atom. The Bertz CT molecular complexity index is 675. The molecule has 0 radical (unpaired) electrons. The number of nitrogens with zero attached hydrogens (tertiary/aromatic N) is 2. The largest absolute Gasteiger partial charge is 0.465 e. The fourth-order valence-corrected chi connectivity index (χ4v) is 4.59. The van der Waals surface area contributed by atoms with Crippen molar-refractivity contribution < 1.29 is 9.90 Å². The molecule has 0 unspecified atom stereocenters. The Morgan fingerprint density at radius 1 is 1.31 bits per heavy atom. The van der Waals surface area contributed by atoms with Gasteiger partial charge in [0.1, 0.15) is 0 Å². The van der Waals surface area contributed by atoms with Crippen LogP contribution in [0.25, 0.3) is 0 Å². The number of carbonyl (C=O) groups is 1. The number of hydrogen-bond acceptors (Lipinski definition) is 5. The predicted molar refractivity (Wildman–Crippen MR) is 128 cm³/mol. The average molecular weight is 440 g/mol. The van der Waals surface area contributed by atoms with Gasteiger partial charge in [-0.1, -0.05) is 76.7 Å². The Morgan fingerprint density at radius 2 is 1.97 bits per heavy atom. The lowest BCUT2D eigenvalue weighted by Crippen LogP contribution is -2.12. The quantitative estimate of drug-likeness (QED) is 0.339. The van der Waals surface area contributed by atoms with Gasteiger partial charge in [0.15, 0.2) is 5.13 Å². The molecule has 1 heterocycles. The zero-order valence-corrected chi connectivity index (χ0v) is 20.3. The van der Waals surface area contributed by atoms with Crippen LogP contribution in [0.3, 0.4) is 0 Å². The highest BCUT2D eigenvalue weighted by Gasteiger charge is 2.15. The van der Waals surface area contributed by atoms with E-state index in [1.807, 2.05) is 13.1 Å². The third-order valence-electron chi connectivity index (χ3n) is 5.11. The van der Waals surface area contributed by atoms with Crippen molar-refractivity contribution in [3.63, 3.8) is 0 Å². The molecule has 5 nitrogen and oxygen atoms in total. The van der Waals surface area contributed by atoms with Gasteiger partial charge in [-0.15, -0.1) is 11.8 Å². The second-order valence-electron chi connectivity index (χ2n) is 8.24. The van der Waals surface area contributed by atoms with E-state index in [0.29, 0.717) is 11.0 Å². The van der Waals surface area contributed by atoms with Gasteiger partial charge in [0.25, 0.3) is 0 Å². The molecule has 1 amide bonds. The molecule has 0 saturated heterocycles. The van der Waals surface area contributed by atoms with E-state index in [-0.39, 0.29) is 0 Å². The molecule has 0 aliphatic heterocycles. The van der Waals surface area contributed by atoms with Crippen molar-refractivity contribution in [3.05, 3.63) is 18.0 Å². The maximum atomic E-state index is 10.5. The monoisotopic (exact) mass is 439 g/mol. The number of anilines is 1. The minimum atomic E-state index is -1.09. The minimum absolute atomic E-state index is 0.394. The molecule has 1 aliphatic carbocycles. The Labute approximate surface area is 184 Å².